The van der Waals surface area contributed by atoms with Crippen molar-refractivity contribution in [1.29, 1.82) is 0 Å². The van der Waals surface area contributed by atoms with Gasteiger partial charge in [-0.15, -0.1) is 6.42 Å². The van der Waals surface area contributed by atoms with Crippen LogP contribution in [-0.2, 0) is 4.74 Å². The van der Waals surface area contributed by atoms with Crippen LogP contribution in [-0.4, -0.2) is 46.1 Å². The van der Waals surface area contributed by atoms with Gasteiger partial charge in [0.25, 0.3) is 0 Å². The number of terminal acetylenes is 1. The van der Waals surface area contributed by atoms with E-state index in [1.807, 2.05) is 31.6 Å². The molecule has 1 saturated heterocycles. The van der Waals surface area contributed by atoms with Crippen LogP contribution in [0.15, 0.2) is 12.4 Å². The Balaban J connectivity index is 1.85. The topological polar surface area (TPSA) is 56.6 Å². The summed E-state index contributed by atoms with van der Waals surface area (Å²) >= 11 is 0. The molecule has 1 fully saturated rings. The Kier molecular flexibility index (Phi) is 4.96. The van der Waals surface area contributed by atoms with Gasteiger partial charge in [0.05, 0.1) is 18.4 Å². The van der Waals surface area contributed by atoms with E-state index in [9.17, 15) is 4.79 Å². The first-order valence-corrected chi connectivity index (χ1v) is 7.47. The SMILES string of the molecule is C#CCOc1cnn(C2CCN(C(=O)OC(C)(C)C)CC2)c1. The predicted molar refractivity (Wildman–Crippen MR) is 82.6 cm³/mol. The molecule has 0 atom stereocenters. The van der Waals surface area contributed by atoms with Gasteiger partial charge in [-0.25, -0.2) is 4.79 Å². The van der Waals surface area contributed by atoms with Crippen LogP contribution in [0, 0.1) is 12.3 Å². The molecule has 0 aromatic carbocycles. The lowest BCUT2D eigenvalue weighted by Gasteiger charge is -2.33. The van der Waals surface area contributed by atoms with Gasteiger partial charge in [0.15, 0.2) is 5.75 Å². The second kappa shape index (κ2) is 6.73. The van der Waals surface area contributed by atoms with Crippen molar-refractivity contribution in [2.24, 2.45) is 0 Å². The lowest BCUT2D eigenvalue weighted by atomic mass is 10.1. The minimum atomic E-state index is -0.459. The van der Waals surface area contributed by atoms with Crippen molar-refractivity contribution < 1.29 is 14.3 Å². The van der Waals surface area contributed by atoms with Gasteiger partial charge in [0.1, 0.15) is 12.2 Å². The predicted octanol–water partition coefficient (Wildman–Crippen LogP) is 2.47. The van der Waals surface area contributed by atoms with Gasteiger partial charge < -0.3 is 14.4 Å². The highest BCUT2D eigenvalue weighted by molar-refractivity contribution is 5.68. The minimum absolute atomic E-state index is 0.239. The van der Waals surface area contributed by atoms with Crippen LogP contribution >= 0.6 is 0 Å². The fourth-order valence-corrected chi connectivity index (χ4v) is 2.36. The van der Waals surface area contributed by atoms with Gasteiger partial charge in [-0.1, -0.05) is 5.92 Å². The van der Waals surface area contributed by atoms with Crippen molar-refractivity contribution in [3.05, 3.63) is 12.4 Å². The maximum absolute atomic E-state index is 12.0. The standard InChI is InChI=1S/C16H23N3O3/c1-5-10-21-14-11-17-19(12-14)13-6-8-18(9-7-13)15(20)22-16(2,3)4/h1,11-13H,6-10H2,2-4H3. The molecule has 2 heterocycles. The number of amides is 1. The molecule has 0 N–H and O–H groups in total. The first-order chi connectivity index (χ1) is 10.4. The molecule has 6 heteroatoms. The molecule has 0 unspecified atom stereocenters. The number of hydrogen-bond donors (Lipinski definition) is 0. The molecule has 1 aliphatic rings. The summed E-state index contributed by atoms with van der Waals surface area (Å²) in [5.74, 6) is 3.10. The van der Waals surface area contributed by atoms with E-state index in [4.69, 9.17) is 15.9 Å². The molecule has 0 bridgehead atoms. The number of carbonyl (C=O) groups excluding carboxylic acids is 1. The molecule has 1 aliphatic heterocycles. The monoisotopic (exact) mass is 305 g/mol. The summed E-state index contributed by atoms with van der Waals surface area (Å²) in [6, 6.07) is 0.266. The largest absolute Gasteiger partial charge is 0.478 e. The van der Waals surface area contributed by atoms with Crippen molar-refractivity contribution in [3.8, 4) is 18.1 Å². The highest BCUT2D eigenvalue weighted by atomic mass is 16.6. The van der Waals surface area contributed by atoms with Gasteiger partial charge in [0, 0.05) is 13.1 Å². The molecule has 0 spiro atoms. The van der Waals surface area contributed by atoms with Gasteiger partial charge in [-0.3, -0.25) is 4.68 Å². The number of hydrogen-bond acceptors (Lipinski definition) is 4. The minimum Gasteiger partial charge on any atom is -0.478 e. The van der Waals surface area contributed by atoms with Gasteiger partial charge in [-0.05, 0) is 33.6 Å². The summed E-state index contributed by atoms with van der Waals surface area (Å²) < 4.78 is 12.6. The molecular formula is C16H23N3O3. The Hall–Kier alpha value is -2.16. The number of ether oxygens (including phenoxy) is 2. The smallest absolute Gasteiger partial charge is 0.410 e. The number of carbonyl (C=O) groups is 1. The first kappa shape index (κ1) is 16.2. The summed E-state index contributed by atoms with van der Waals surface area (Å²) in [6.07, 6.45) is 10.1. The van der Waals surface area contributed by atoms with Crippen LogP contribution in [0.2, 0.25) is 0 Å². The maximum Gasteiger partial charge on any atom is 0.410 e. The van der Waals surface area contributed by atoms with Crippen molar-refractivity contribution >= 4 is 6.09 Å². The summed E-state index contributed by atoms with van der Waals surface area (Å²) in [4.78, 5) is 13.8. The number of likely N-dealkylation sites (tertiary alicyclic amines) is 1. The average Bonchev–Trinajstić information content (AvgIpc) is 2.92. The summed E-state index contributed by atoms with van der Waals surface area (Å²) in [5.41, 5.74) is -0.459. The molecule has 1 aromatic heterocycles. The van der Waals surface area contributed by atoms with E-state index in [1.54, 1.807) is 11.1 Å². The number of aromatic nitrogens is 2. The third-order valence-corrected chi connectivity index (χ3v) is 3.39. The highest BCUT2D eigenvalue weighted by Gasteiger charge is 2.27. The van der Waals surface area contributed by atoms with E-state index in [-0.39, 0.29) is 18.7 Å². The molecule has 0 saturated carbocycles. The molecule has 1 amide bonds. The first-order valence-electron chi connectivity index (χ1n) is 7.47. The van der Waals surface area contributed by atoms with Crippen LogP contribution in [0.5, 0.6) is 5.75 Å². The zero-order chi connectivity index (χ0) is 16.2. The van der Waals surface area contributed by atoms with E-state index in [2.05, 4.69) is 11.0 Å². The number of piperidine rings is 1. The maximum atomic E-state index is 12.0. The average molecular weight is 305 g/mol. The Morgan fingerprint density at radius 2 is 2.14 bits per heavy atom. The fourth-order valence-electron chi connectivity index (χ4n) is 2.36. The van der Waals surface area contributed by atoms with Crippen LogP contribution < -0.4 is 4.74 Å². The normalized spacial score (nSPS) is 16.2. The summed E-state index contributed by atoms with van der Waals surface area (Å²) in [6.45, 7) is 7.19. The van der Waals surface area contributed by atoms with Crippen molar-refractivity contribution in [2.45, 2.75) is 45.3 Å². The lowest BCUT2D eigenvalue weighted by molar-refractivity contribution is 0.0184. The molecule has 22 heavy (non-hydrogen) atoms. The fraction of sp³-hybridized carbons (Fsp3) is 0.625. The Morgan fingerprint density at radius 3 is 2.73 bits per heavy atom. The van der Waals surface area contributed by atoms with E-state index in [1.165, 1.54) is 0 Å². The van der Waals surface area contributed by atoms with Crippen LogP contribution in [0.25, 0.3) is 0 Å². The zero-order valence-electron chi connectivity index (χ0n) is 13.4. The molecule has 0 radical (unpaired) electrons. The quantitative estimate of drug-likeness (QED) is 0.805. The van der Waals surface area contributed by atoms with Crippen LogP contribution in [0.4, 0.5) is 4.79 Å². The van der Waals surface area contributed by atoms with E-state index >= 15 is 0 Å². The molecule has 1 aromatic rings. The summed E-state index contributed by atoms with van der Waals surface area (Å²) in [5, 5.41) is 4.31. The van der Waals surface area contributed by atoms with Crippen LogP contribution in [0.1, 0.15) is 39.7 Å². The van der Waals surface area contributed by atoms with Gasteiger partial charge in [0.2, 0.25) is 0 Å². The summed E-state index contributed by atoms with van der Waals surface area (Å²) in [7, 11) is 0. The van der Waals surface area contributed by atoms with Crippen molar-refractivity contribution in [1.82, 2.24) is 14.7 Å². The molecular weight excluding hydrogens is 282 g/mol. The molecule has 120 valence electrons. The second-order valence-corrected chi connectivity index (χ2v) is 6.35. The third kappa shape index (κ3) is 4.42. The Bertz CT molecular complexity index is 546. The molecule has 6 nitrogen and oxygen atoms in total. The number of nitrogens with zero attached hydrogens (tertiary/aromatic N) is 3. The lowest BCUT2D eigenvalue weighted by Crippen LogP contribution is -2.42. The number of rotatable bonds is 3. The zero-order valence-corrected chi connectivity index (χ0v) is 13.4. The van der Waals surface area contributed by atoms with Gasteiger partial charge >= 0.3 is 6.09 Å². The highest BCUT2D eigenvalue weighted by Crippen LogP contribution is 2.24. The van der Waals surface area contributed by atoms with Gasteiger partial charge in [-0.2, -0.15) is 5.10 Å². The second-order valence-electron chi connectivity index (χ2n) is 6.35. The Labute approximate surface area is 131 Å². The Morgan fingerprint density at radius 1 is 1.45 bits per heavy atom. The van der Waals surface area contributed by atoms with E-state index in [0.29, 0.717) is 18.8 Å². The molecule has 2 rings (SSSR count). The van der Waals surface area contributed by atoms with E-state index in [0.717, 1.165) is 12.8 Å². The third-order valence-electron chi connectivity index (χ3n) is 3.39. The molecule has 0 aliphatic carbocycles. The van der Waals surface area contributed by atoms with E-state index < -0.39 is 5.60 Å². The van der Waals surface area contributed by atoms with Crippen molar-refractivity contribution in [3.63, 3.8) is 0 Å². The van der Waals surface area contributed by atoms with Crippen molar-refractivity contribution in [2.75, 3.05) is 19.7 Å². The van der Waals surface area contributed by atoms with Crippen LogP contribution in [0.3, 0.4) is 0 Å².